The van der Waals surface area contributed by atoms with Crippen LogP contribution in [0, 0.1) is 0 Å². The van der Waals surface area contributed by atoms with Crippen molar-refractivity contribution < 1.29 is 9.84 Å². The van der Waals surface area contributed by atoms with Gasteiger partial charge >= 0.3 is 0 Å². The van der Waals surface area contributed by atoms with Gasteiger partial charge in [0.05, 0.1) is 18.5 Å². The third-order valence-electron chi connectivity index (χ3n) is 2.04. The van der Waals surface area contributed by atoms with Gasteiger partial charge in [0.25, 0.3) is 0 Å². The molecule has 1 N–H and O–H groups in total. The summed E-state index contributed by atoms with van der Waals surface area (Å²) in [5, 5.41) is 17.3. The van der Waals surface area contributed by atoms with Gasteiger partial charge in [0.2, 0.25) is 0 Å². The lowest BCUT2D eigenvalue weighted by atomic mass is 10.2. The molecule has 14 heavy (non-hydrogen) atoms. The first-order valence-corrected chi connectivity index (χ1v) is 4.85. The number of aryl methyl sites for hydroxylation is 1. The number of hydrogen-bond donors (Lipinski definition) is 1. The number of methoxy groups -OCH3 is 1. The van der Waals surface area contributed by atoms with Gasteiger partial charge in [-0.2, -0.15) is 0 Å². The summed E-state index contributed by atoms with van der Waals surface area (Å²) < 4.78 is 6.60. The Balaban J connectivity index is 2.61. The Labute approximate surface area is 83.7 Å². The number of unbranched alkanes of at least 4 members (excludes halogenated alkanes) is 1. The molecular weight excluding hydrogens is 182 g/mol. The summed E-state index contributed by atoms with van der Waals surface area (Å²) >= 11 is 0. The Morgan fingerprint density at radius 1 is 1.64 bits per heavy atom. The second-order valence-electron chi connectivity index (χ2n) is 3.21. The number of hydrogen-bond acceptors (Lipinski definition) is 4. The maximum atomic E-state index is 9.66. The highest BCUT2D eigenvalue weighted by Crippen LogP contribution is 2.11. The standard InChI is InChI=1S/C9H17N3O2/c1-3-4-5-12-8(6-10-11-12)9(13)7-14-2/h6,9,13H,3-5,7H2,1-2H3/t9-/m0/s1. The monoisotopic (exact) mass is 199 g/mol. The summed E-state index contributed by atoms with van der Waals surface area (Å²) in [5.41, 5.74) is 0.723. The van der Waals surface area contributed by atoms with Crippen LogP contribution in [0.2, 0.25) is 0 Å². The van der Waals surface area contributed by atoms with E-state index in [4.69, 9.17) is 4.74 Å². The predicted octanol–water partition coefficient (Wildman–Crippen LogP) is 0.758. The number of aliphatic hydroxyl groups is 1. The van der Waals surface area contributed by atoms with Gasteiger partial charge in [0.1, 0.15) is 6.10 Å². The summed E-state index contributed by atoms with van der Waals surface area (Å²) in [4.78, 5) is 0. The summed E-state index contributed by atoms with van der Waals surface area (Å²) in [6, 6.07) is 0. The van der Waals surface area contributed by atoms with Crippen LogP contribution in [0.1, 0.15) is 31.6 Å². The molecule has 80 valence electrons. The van der Waals surface area contributed by atoms with Crippen molar-refractivity contribution >= 4 is 0 Å². The number of aliphatic hydroxyl groups excluding tert-OH is 1. The fourth-order valence-corrected chi connectivity index (χ4v) is 1.25. The second kappa shape index (κ2) is 5.72. The minimum atomic E-state index is -0.633. The number of aromatic nitrogens is 3. The van der Waals surface area contributed by atoms with Crippen LogP contribution in [0.3, 0.4) is 0 Å². The van der Waals surface area contributed by atoms with Crippen LogP contribution in [0.5, 0.6) is 0 Å². The molecule has 1 rings (SSSR count). The number of nitrogens with zero attached hydrogens (tertiary/aromatic N) is 3. The van der Waals surface area contributed by atoms with Crippen LogP contribution < -0.4 is 0 Å². The van der Waals surface area contributed by atoms with Crippen molar-refractivity contribution in [3.8, 4) is 0 Å². The first-order chi connectivity index (χ1) is 6.79. The zero-order chi connectivity index (χ0) is 10.4. The molecule has 1 heterocycles. The summed E-state index contributed by atoms with van der Waals surface area (Å²) in [6.45, 7) is 3.19. The van der Waals surface area contributed by atoms with Crippen molar-refractivity contribution in [2.45, 2.75) is 32.4 Å². The molecule has 1 aromatic heterocycles. The quantitative estimate of drug-likeness (QED) is 0.734. The maximum Gasteiger partial charge on any atom is 0.120 e. The Bertz CT molecular complexity index is 262. The Morgan fingerprint density at radius 2 is 2.43 bits per heavy atom. The largest absolute Gasteiger partial charge is 0.384 e. The molecule has 0 saturated carbocycles. The predicted molar refractivity (Wildman–Crippen MR) is 51.8 cm³/mol. The zero-order valence-electron chi connectivity index (χ0n) is 8.68. The van der Waals surface area contributed by atoms with Crippen LogP contribution >= 0.6 is 0 Å². The van der Waals surface area contributed by atoms with E-state index in [2.05, 4.69) is 17.2 Å². The van der Waals surface area contributed by atoms with Gasteiger partial charge in [0, 0.05) is 13.7 Å². The van der Waals surface area contributed by atoms with E-state index in [0.29, 0.717) is 0 Å². The number of ether oxygens (including phenoxy) is 1. The molecule has 0 aromatic carbocycles. The van der Waals surface area contributed by atoms with Crippen LogP contribution in [0.15, 0.2) is 6.20 Å². The lowest BCUT2D eigenvalue weighted by Gasteiger charge is -2.10. The maximum absolute atomic E-state index is 9.66. The van der Waals surface area contributed by atoms with Crippen molar-refractivity contribution in [2.75, 3.05) is 13.7 Å². The molecule has 0 radical (unpaired) electrons. The molecule has 1 atom stereocenters. The third kappa shape index (κ3) is 2.78. The average Bonchev–Trinajstić information content (AvgIpc) is 2.63. The van der Waals surface area contributed by atoms with Crippen LogP contribution in [-0.4, -0.2) is 33.8 Å². The highest BCUT2D eigenvalue weighted by atomic mass is 16.5. The molecular formula is C9H17N3O2. The molecule has 0 saturated heterocycles. The molecule has 0 bridgehead atoms. The van der Waals surface area contributed by atoms with E-state index in [1.807, 2.05) is 0 Å². The van der Waals surface area contributed by atoms with E-state index < -0.39 is 6.10 Å². The first-order valence-electron chi connectivity index (χ1n) is 4.85. The zero-order valence-corrected chi connectivity index (χ0v) is 8.68. The van der Waals surface area contributed by atoms with Crippen LogP contribution in [0.4, 0.5) is 0 Å². The summed E-state index contributed by atoms with van der Waals surface area (Å²) in [6.07, 6.45) is 3.08. The Morgan fingerprint density at radius 3 is 3.07 bits per heavy atom. The van der Waals surface area contributed by atoms with E-state index in [1.165, 1.54) is 0 Å². The van der Waals surface area contributed by atoms with Gasteiger partial charge in [-0.1, -0.05) is 18.6 Å². The second-order valence-corrected chi connectivity index (χ2v) is 3.21. The highest BCUT2D eigenvalue weighted by molar-refractivity contribution is 4.98. The minimum Gasteiger partial charge on any atom is -0.384 e. The molecule has 0 amide bonds. The molecule has 0 spiro atoms. The van der Waals surface area contributed by atoms with Gasteiger partial charge in [-0.25, -0.2) is 4.68 Å². The first kappa shape index (κ1) is 11.1. The molecule has 5 heteroatoms. The van der Waals surface area contributed by atoms with E-state index >= 15 is 0 Å². The lowest BCUT2D eigenvalue weighted by Crippen LogP contribution is -2.13. The topological polar surface area (TPSA) is 60.2 Å². The van der Waals surface area contributed by atoms with Crippen molar-refractivity contribution in [3.05, 3.63) is 11.9 Å². The van der Waals surface area contributed by atoms with Crippen molar-refractivity contribution in [3.63, 3.8) is 0 Å². The molecule has 0 aliphatic carbocycles. The molecule has 0 fully saturated rings. The molecule has 1 aromatic rings. The van der Waals surface area contributed by atoms with E-state index in [9.17, 15) is 5.11 Å². The van der Waals surface area contributed by atoms with Crippen LogP contribution in [-0.2, 0) is 11.3 Å². The lowest BCUT2D eigenvalue weighted by molar-refractivity contribution is 0.0584. The van der Waals surface area contributed by atoms with Gasteiger partial charge in [-0.3, -0.25) is 0 Å². The van der Waals surface area contributed by atoms with Gasteiger partial charge in [0.15, 0.2) is 0 Å². The minimum absolute atomic E-state index is 0.277. The van der Waals surface area contributed by atoms with Crippen molar-refractivity contribution in [2.24, 2.45) is 0 Å². The molecule has 5 nitrogen and oxygen atoms in total. The average molecular weight is 199 g/mol. The van der Waals surface area contributed by atoms with E-state index in [1.54, 1.807) is 18.0 Å². The molecule has 0 unspecified atom stereocenters. The fraction of sp³-hybridized carbons (Fsp3) is 0.778. The third-order valence-corrected chi connectivity index (χ3v) is 2.04. The Kier molecular flexibility index (Phi) is 4.55. The van der Waals surface area contributed by atoms with E-state index in [0.717, 1.165) is 25.1 Å². The summed E-state index contributed by atoms with van der Waals surface area (Å²) in [7, 11) is 1.56. The summed E-state index contributed by atoms with van der Waals surface area (Å²) in [5.74, 6) is 0. The molecule has 0 aliphatic heterocycles. The SMILES string of the molecule is CCCCn1nncc1[C@@H](O)COC. The van der Waals surface area contributed by atoms with Gasteiger partial charge in [-0.05, 0) is 6.42 Å². The fourth-order valence-electron chi connectivity index (χ4n) is 1.25. The smallest absolute Gasteiger partial charge is 0.120 e. The highest BCUT2D eigenvalue weighted by Gasteiger charge is 2.13. The Hall–Kier alpha value is -0.940. The molecule has 0 aliphatic rings. The number of rotatable bonds is 6. The van der Waals surface area contributed by atoms with Crippen molar-refractivity contribution in [1.82, 2.24) is 15.0 Å². The van der Waals surface area contributed by atoms with Gasteiger partial charge in [-0.15, -0.1) is 5.10 Å². The van der Waals surface area contributed by atoms with E-state index in [-0.39, 0.29) is 6.61 Å². The van der Waals surface area contributed by atoms with Crippen molar-refractivity contribution in [1.29, 1.82) is 0 Å². The van der Waals surface area contributed by atoms with Gasteiger partial charge < -0.3 is 9.84 Å². The normalized spacial score (nSPS) is 13.1. The van der Waals surface area contributed by atoms with Crippen LogP contribution in [0.25, 0.3) is 0 Å².